The fourth-order valence-corrected chi connectivity index (χ4v) is 2.54. The molecule has 0 heterocycles. The number of benzene rings is 1. The van der Waals surface area contributed by atoms with Crippen molar-refractivity contribution < 1.29 is 13.7 Å². The summed E-state index contributed by atoms with van der Waals surface area (Å²) in [5.41, 5.74) is 2.31. The molecule has 74 valence electrons. The fraction of sp³-hybridized carbons (Fsp3) is 0.333. The van der Waals surface area contributed by atoms with E-state index in [0.717, 1.165) is 5.56 Å². The maximum Gasteiger partial charge on any atom is 0.0293 e. The molecule has 0 bridgehead atoms. The van der Waals surface area contributed by atoms with Crippen molar-refractivity contribution in [3.63, 3.8) is 0 Å². The Hall–Kier alpha value is -0.550. The molecule has 1 rings (SSSR count). The van der Waals surface area contributed by atoms with Crippen molar-refractivity contribution in [1.29, 1.82) is 0 Å². The van der Waals surface area contributed by atoms with Crippen LogP contribution in [0.25, 0.3) is 0 Å². The maximum atomic E-state index is 11.1. The Morgan fingerprint density at radius 3 is 1.77 bits per heavy atom. The van der Waals surface area contributed by atoms with Gasteiger partial charge in [0, 0.05) is 4.90 Å². The van der Waals surface area contributed by atoms with E-state index < -0.39 is 10.9 Å². The number of rotatable bonds is 1. The summed E-state index contributed by atoms with van der Waals surface area (Å²) in [5.74, 6) is 0. The second-order valence-electron chi connectivity index (χ2n) is 3.22. The van der Waals surface area contributed by atoms with Gasteiger partial charge in [0.15, 0.2) is 0 Å². The monoisotopic (exact) mass is 201 g/mol. The van der Waals surface area contributed by atoms with Gasteiger partial charge in [-0.05, 0) is 31.9 Å². The molecule has 0 aromatic heterocycles. The molecule has 0 aliphatic heterocycles. The van der Waals surface area contributed by atoms with Crippen LogP contribution in [-0.4, -0.2) is 13.7 Å². The largest absolute Gasteiger partial charge is 0.769 e. The highest BCUT2D eigenvalue weighted by Crippen LogP contribution is 2.47. The summed E-state index contributed by atoms with van der Waals surface area (Å²) in [6, 6.07) is 3.54. The van der Waals surface area contributed by atoms with E-state index in [4.69, 9.17) is 9.11 Å². The lowest BCUT2D eigenvalue weighted by Gasteiger charge is -2.36. The quantitative estimate of drug-likeness (QED) is 0.734. The fourth-order valence-electron chi connectivity index (χ4n) is 1.59. The van der Waals surface area contributed by atoms with Gasteiger partial charge in [0.05, 0.1) is 0 Å². The van der Waals surface area contributed by atoms with Crippen LogP contribution in [0.2, 0.25) is 0 Å². The standard InChI is InChI=1S/C9H14O3S/c1-6-4-7(2)9(8(3)5-6)13(10,11)12/h4-5,10-12H,1-3H3/p-1. The minimum absolute atomic E-state index is 0.137. The van der Waals surface area contributed by atoms with Gasteiger partial charge in [-0.25, -0.2) is 0 Å². The molecule has 0 aliphatic carbocycles. The van der Waals surface area contributed by atoms with Gasteiger partial charge in [0.2, 0.25) is 0 Å². The van der Waals surface area contributed by atoms with E-state index >= 15 is 0 Å². The summed E-state index contributed by atoms with van der Waals surface area (Å²) in [6.07, 6.45) is 0. The van der Waals surface area contributed by atoms with Crippen molar-refractivity contribution in [3.8, 4) is 0 Å². The zero-order valence-corrected chi connectivity index (χ0v) is 8.68. The van der Waals surface area contributed by atoms with Crippen LogP contribution in [0.5, 0.6) is 0 Å². The van der Waals surface area contributed by atoms with Crippen molar-refractivity contribution in [2.45, 2.75) is 25.7 Å². The second kappa shape index (κ2) is 3.31. The van der Waals surface area contributed by atoms with Crippen LogP contribution in [0.1, 0.15) is 16.7 Å². The van der Waals surface area contributed by atoms with Crippen molar-refractivity contribution in [1.82, 2.24) is 0 Å². The zero-order valence-electron chi connectivity index (χ0n) is 7.87. The molecular formula is C9H13O3S-. The molecule has 0 unspecified atom stereocenters. The number of hydrogen-bond acceptors (Lipinski definition) is 3. The maximum absolute atomic E-state index is 11.1. The molecule has 0 saturated carbocycles. The van der Waals surface area contributed by atoms with E-state index in [2.05, 4.69) is 0 Å². The van der Waals surface area contributed by atoms with Crippen molar-refractivity contribution in [3.05, 3.63) is 28.8 Å². The lowest BCUT2D eigenvalue weighted by molar-refractivity contribution is 0.359. The van der Waals surface area contributed by atoms with Gasteiger partial charge in [0.1, 0.15) is 0 Å². The Balaban J connectivity index is 3.38. The van der Waals surface area contributed by atoms with Gasteiger partial charge < -0.3 is 13.7 Å². The van der Waals surface area contributed by atoms with E-state index in [9.17, 15) is 4.55 Å². The van der Waals surface area contributed by atoms with Crippen molar-refractivity contribution in [2.24, 2.45) is 0 Å². The Kier molecular flexibility index (Phi) is 2.68. The molecule has 1 aromatic rings. The minimum Gasteiger partial charge on any atom is -0.769 e. The average Bonchev–Trinajstić information content (AvgIpc) is 1.78. The Morgan fingerprint density at radius 1 is 1.08 bits per heavy atom. The topological polar surface area (TPSA) is 63.5 Å². The van der Waals surface area contributed by atoms with Crippen LogP contribution >= 0.6 is 10.9 Å². The summed E-state index contributed by atoms with van der Waals surface area (Å²) >= 11 is 0. The third-order valence-electron chi connectivity index (χ3n) is 1.87. The van der Waals surface area contributed by atoms with Gasteiger partial charge in [0.25, 0.3) is 0 Å². The first kappa shape index (κ1) is 10.5. The summed E-state index contributed by atoms with van der Waals surface area (Å²) < 4.78 is 29.1. The molecule has 3 nitrogen and oxygen atoms in total. The highest BCUT2D eigenvalue weighted by molar-refractivity contribution is 8.19. The number of hydrogen-bond donors (Lipinski definition) is 2. The van der Waals surface area contributed by atoms with Gasteiger partial charge in [-0.2, -0.15) is 0 Å². The smallest absolute Gasteiger partial charge is 0.0293 e. The minimum atomic E-state index is -3.83. The summed E-state index contributed by atoms with van der Waals surface area (Å²) in [7, 11) is -3.83. The first-order valence-electron chi connectivity index (χ1n) is 3.89. The van der Waals surface area contributed by atoms with E-state index in [1.54, 1.807) is 26.0 Å². The average molecular weight is 201 g/mol. The normalized spacial score (nSPS) is 13.1. The van der Waals surface area contributed by atoms with Crippen LogP contribution < -0.4 is 0 Å². The molecule has 0 spiro atoms. The van der Waals surface area contributed by atoms with Gasteiger partial charge in [-0.1, -0.05) is 28.6 Å². The third kappa shape index (κ3) is 2.22. The summed E-state index contributed by atoms with van der Waals surface area (Å²) in [5, 5.41) is 0. The van der Waals surface area contributed by atoms with Crippen molar-refractivity contribution in [2.75, 3.05) is 0 Å². The first-order valence-corrected chi connectivity index (χ1v) is 5.36. The molecule has 0 amide bonds. The Morgan fingerprint density at radius 2 is 1.46 bits per heavy atom. The molecule has 2 N–H and O–H groups in total. The molecule has 4 heteroatoms. The van der Waals surface area contributed by atoms with E-state index in [0.29, 0.717) is 11.1 Å². The van der Waals surface area contributed by atoms with Gasteiger partial charge >= 0.3 is 0 Å². The van der Waals surface area contributed by atoms with E-state index in [1.807, 2.05) is 6.92 Å². The molecule has 0 fully saturated rings. The molecule has 0 atom stereocenters. The summed E-state index contributed by atoms with van der Waals surface area (Å²) in [6.45, 7) is 5.32. The van der Waals surface area contributed by atoms with E-state index in [-0.39, 0.29) is 4.90 Å². The Bertz CT molecular complexity index is 305. The molecule has 1 aromatic carbocycles. The predicted molar refractivity (Wildman–Crippen MR) is 52.5 cm³/mol. The third-order valence-corrected chi connectivity index (χ3v) is 3.05. The van der Waals surface area contributed by atoms with Crippen LogP contribution in [0, 0.1) is 20.8 Å². The van der Waals surface area contributed by atoms with Gasteiger partial charge in [-0.15, -0.1) is 0 Å². The second-order valence-corrected chi connectivity index (χ2v) is 4.63. The molecule has 0 aliphatic rings. The highest BCUT2D eigenvalue weighted by Gasteiger charge is 2.12. The van der Waals surface area contributed by atoms with Crippen LogP contribution in [-0.2, 0) is 0 Å². The lowest BCUT2D eigenvalue weighted by atomic mass is 10.1. The predicted octanol–water partition coefficient (Wildman–Crippen LogP) is 2.85. The van der Waals surface area contributed by atoms with E-state index in [1.165, 1.54) is 0 Å². The van der Waals surface area contributed by atoms with Gasteiger partial charge in [-0.3, -0.25) is 0 Å². The van der Waals surface area contributed by atoms with Crippen LogP contribution in [0.3, 0.4) is 0 Å². The Labute approximate surface area is 79.6 Å². The summed E-state index contributed by atoms with van der Waals surface area (Å²) in [4.78, 5) is 0.137. The van der Waals surface area contributed by atoms with Crippen LogP contribution in [0.4, 0.5) is 0 Å². The molecule has 13 heavy (non-hydrogen) atoms. The number of aryl methyl sites for hydroxylation is 3. The highest BCUT2D eigenvalue weighted by atomic mass is 32.3. The zero-order chi connectivity index (χ0) is 10.2. The SMILES string of the molecule is Cc1cc(C)c(S([O-])(O)O)c(C)c1. The first-order chi connectivity index (χ1) is 5.82. The van der Waals surface area contributed by atoms with Crippen molar-refractivity contribution >= 4 is 10.9 Å². The molecule has 0 saturated heterocycles. The molecule has 0 radical (unpaired) electrons. The lowest BCUT2D eigenvalue weighted by Crippen LogP contribution is -2.02. The molecular weight excluding hydrogens is 188 g/mol. The van der Waals surface area contributed by atoms with Crippen LogP contribution in [0.15, 0.2) is 17.0 Å².